The molecule has 0 saturated carbocycles. The number of aryl methyl sites for hydroxylation is 2. The standard InChI is InChI=1S/C21H25N3O2/c1-16-4-6-17(7-5-16)8-9-20(25)23-19-10-13-24(14-11-19)21(26)18-3-2-12-22-15-18/h2-7,12,15,19H,8-11,13-14H2,1H3,(H,23,25). The van der Waals surface area contributed by atoms with E-state index in [1.165, 1.54) is 11.1 Å². The van der Waals surface area contributed by atoms with Crippen molar-refractivity contribution in [3.63, 3.8) is 0 Å². The lowest BCUT2D eigenvalue weighted by Gasteiger charge is -2.32. The number of aromatic nitrogens is 1. The highest BCUT2D eigenvalue weighted by molar-refractivity contribution is 5.93. The van der Waals surface area contributed by atoms with Crippen LogP contribution in [0.5, 0.6) is 0 Å². The predicted octanol–water partition coefficient (Wildman–Crippen LogP) is 2.74. The molecular formula is C21H25N3O2. The summed E-state index contributed by atoms with van der Waals surface area (Å²) in [6.07, 6.45) is 6.10. The summed E-state index contributed by atoms with van der Waals surface area (Å²) in [5.74, 6) is 0.102. The average molecular weight is 351 g/mol. The Morgan fingerprint density at radius 3 is 2.54 bits per heavy atom. The van der Waals surface area contributed by atoms with Crippen LogP contribution in [0.25, 0.3) is 0 Å². The first-order valence-corrected chi connectivity index (χ1v) is 9.16. The lowest BCUT2D eigenvalue weighted by Crippen LogP contribution is -2.46. The number of likely N-dealkylation sites (tertiary alicyclic amines) is 1. The van der Waals surface area contributed by atoms with Crippen LogP contribution in [0.1, 0.15) is 40.7 Å². The summed E-state index contributed by atoms with van der Waals surface area (Å²) in [4.78, 5) is 30.4. The third-order valence-electron chi connectivity index (χ3n) is 4.82. The average Bonchev–Trinajstić information content (AvgIpc) is 2.68. The molecule has 0 aliphatic carbocycles. The number of hydrogen-bond acceptors (Lipinski definition) is 3. The van der Waals surface area contributed by atoms with Gasteiger partial charge < -0.3 is 10.2 Å². The minimum absolute atomic E-state index is 0.0160. The van der Waals surface area contributed by atoms with Crippen molar-refractivity contribution in [2.45, 2.75) is 38.6 Å². The molecule has 136 valence electrons. The zero-order valence-electron chi connectivity index (χ0n) is 15.1. The topological polar surface area (TPSA) is 62.3 Å². The maximum Gasteiger partial charge on any atom is 0.255 e. The predicted molar refractivity (Wildman–Crippen MR) is 101 cm³/mol. The van der Waals surface area contributed by atoms with E-state index in [1.807, 2.05) is 4.90 Å². The summed E-state index contributed by atoms with van der Waals surface area (Å²) in [5, 5.41) is 3.11. The number of rotatable bonds is 5. The second kappa shape index (κ2) is 8.61. The van der Waals surface area contributed by atoms with E-state index < -0.39 is 0 Å². The highest BCUT2D eigenvalue weighted by Crippen LogP contribution is 2.14. The second-order valence-electron chi connectivity index (χ2n) is 6.86. The van der Waals surface area contributed by atoms with Crippen molar-refractivity contribution in [2.75, 3.05) is 13.1 Å². The molecule has 2 aromatic rings. The summed E-state index contributed by atoms with van der Waals surface area (Å²) in [7, 11) is 0. The lowest BCUT2D eigenvalue weighted by atomic mass is 10.0. The number of carbonyl (C=O) groups excluding carboxylic acids is 2. The lowest BCUT2D eigenvalue weighted by molar-refractivity contribution is -0.122. The van der Waals surface area contributed by atoms with Gasteiger partial charge in [0.25, 0.3) is 5.91 Å². The van der Waals surface area contributed by atoms with Gasteiger partial charge in [-0.25, -0.2) is 0 Å². The molecule has 0 spiro atoms. The Balaban J connectivity index is 1.41. The minimum Gasteiger partial charge on any atom is -0.353 e. The minimum atomic E-state index is 0.0160. The van der Waals surface area contributed by atoms with Crippen LogP contribution in [0.2, 0.25) is 0 Å². The van der Waals surface area contributed by atoms with Gasteiger partial charge in [-0.3, -0.25) is 14.6 Å². The maximum atomic E-state index is 12.4. The van der Waals surface area contributed by atoms with Crippen LogP contribution in [0.15, 0.2) is 48.8 Å². The third-order valence-corrected chi connectivity index (χ3v) is 4.82. The van der Waals surface area contributed by atoms with Gasteiger partial charge in [0.2, 0.25) is 5.91 Å². The fourth-order valence-electron chi connectivity index (χ4n) is 3.21. The quantitative estimate of drug-likeness (QED) is 0.901. The first-order chi connectivity index (χ1) is 12.6. The van der Waals surface area contributed by atoms with Crippen molar-refractivity contribution >= 4 is 11.8 Å². The second-order valence-corrected chi connectivity index (χ2v) is 6.86. The van der Waals surface area contributed by atoms with Crippen molar-refractivity contribution in [1.29, 1.82) is 0 Å². The number of amides is 2. The van der Waals surface area contributed by atoms with Crippen LogP contribution in [0, 0.1) is 6.92 Å². The Morgan fingerprint density at radius 1 is 1.15 bits per heavy atom. The molecule has 1 N–H and O–H groups in total. The van der Waals surface area contributed by atoms with Crippen molar-refractivity contribution in [3.05, 3.63) is 65.5 Å². The van der Waals surface area contributed by atoms with Crippen LogP contribution >= 0.6 is 0 Å². The molecule has 0 unspecified atom stereocenters. The summed E-state index contributed by atoms with van der Waals surface area (Å²) in [6.45, 7) is 3.38. The molecule has 3 rings (SSSR count). The van der Waals surface area contributed by atoms with Gasteiger partial charge in [0, 0.05) is 37.9 Å². The van der Waals surface area contributed by atoms with Gasteiger partial charge in [0.05, 0.1) is 5.56 Å². The van der Waals surface area contributed by atoms with Crippen LogP contribution in [-0.4, -0.2) is 40.8 Å². The molecule has 1 aromatic carbocycles. The van der Waals surface area contributed by atoms with E-state index in [2.05, 4.69) is 41.5 Å². The van der Waals surface area contributed by atoms with Crippen LogP contribution in [0.4, 0.5) is 0 Å². The summed E-state index contributed by atoms with van der Waals surface area (Å²) in [5.41, 5.74) is 3.03. The highest BCUT2D eigenvalue weighted by Gasteiger charge is 2.24. The molecule has 5 nitrogen and oxygen atoms in total. The van der Waals surface area contributed by atoms with Gasteiger partial charge in [-0.1, -0.05) is 29.8 Å². The van der Waals surface area contributed by atoms with Crippen molar-refractivity contribution in [1.82, 2.24) is 15.2 Å². The molecule has 0 bridgehead atoms. The van der Waals surface area contributed by atoms with Crippen molar-refractivity contribution < 1.29 is 9.59 Å². The van der Waals surface area contributed by atoms with E-state index in [0.29, 0.717) is 25.1 Å². The van der Waals surface area contributed by atoms with Gasteiger partial charge >= 0.3 is 0 Å². The summed E-state index contributed by atoms with van der Waals surface area (Å²) >= 11 is 0. The summed E-state index contributed by atoms with van der Waals surface area (Å²) < 4.78 is 0. The third kappa shape index (κ3) is 4.91. The molecule has 1 saturated heterocycles. The number of pyridine rings is 1. The first-order valence-electron chi connectivity index (χ1n) is 9.16. The molecule has 1 aliphatic rings. The van der Waals surface area contributed by atoms with Crippen LogP contribution < -0.4 is 5.32 Å². The van der Waals surface area contributed by atoms with E-state index in [1.54, 1.807) is 24.5 Å². The van der Waals surface area contributed by atoms with E-state index in [4.69, 9.17) is 0 Å². The molecule has 26 heavy (non-hydrogen) atoms. The van der Waals surface area contributed by atoms with Gasteiger partial charge in [0.15, 0.2) is 0 Å². The highest BCUT2D eigenvalue weighted by atomic mass is 16.2. The number of piperidine rings is 1. The zero-order valence-corrected chi connectivity index (χ0v) is 15.1. The molecule has 5 heteroatoms. The van der Waals surface area contributed by atoms with E-state index in [9.17, 15) is 9.59 Å². The Morgan fingerprint density at radius 2 is 1.88 bits per heavy atom. The monoisotopic (exact) mass is 351 g/mol. The SMILES string of the molecule is Cc1ccc(CCC(=O)NC2CCN(C(=O)c3cccnc3)CC2)cc1. The fourth-order valence-corrected chi connectivity index (χ4v) is 3.21. The van der Waals surface area contributed by atoms with E-state index in [0.717, 1.165) is 19.3 Å². The number of benzene rings is 1. The molecular weight excluding hydrogens is 326 g/mol. The number of carbonyl (C=O) groups is 2. The normalized spacial score (nSPS) is 14.9. The zero-order chi connectivity index (χ0) is 18.4. The van der Waals surface area contributed by atoms with Crippen molar-refractivity contribution in [3.8, 4) is 0 Å². The van der Waals surface area contributed by atoms with E-state index >= 15 is 0 Å². The van der Waals surface area contributed by atoms with Gasteiger partial charge in [-0.15, -0.1) is 0 Å². The first kappa shape index (κ1) is 18.1. The Bertz CT molecular complexity index is 736. The molecule has 1 aliphatic heterocycles. The molecule has 0 radical (unpaired) electrons. The largest absolute Gasteiger partial charge is 0.353 e. The molecule has 2 heterocycles. The molecule has 0 atom stereocenters. The maximum absolute atomic E-state index is 12.4. The number of nitrogens with zero attached hydrogens (tertiary/aromatic N) is 2. The van der Waals surface area contributed by atoms with Crippen molar-refractivity contribution in [2.24, 2.45) is 0 Å². The fraction of sp³-hybridized carbons (Fsp3) is 0.381. The number of nitrogens with one attached hydrogen (secondary N) is 1. The Labute approximate surface area is 154 Å². The Kier molecular flexibility index (Phi) is 6.00. The smallest absolute Gasteiger partial charge is 0.255 e. The van der Waals surface area contributed by atoms with Crippen LogP contribution in [-0.2, 0) is 11.2 Å². The summed E-state index contributed by atoms with van der Waals surface area (Å²) in [6, 6.07) is 12.0. The Hall–Kier alpha value is -2.69. The molecule has 1 aromatic heterocycles. The molecule has 1 fully saturated rings. The number of hydrogen-bond donors (Lipinski definition) is 1. The van der Waals surface area contributed by atoms with Gasteiger partial charge in [-0.05, 0) is 43.9 Å². The van der Waals surface area contributed by atoms with Gasteiger partial charge in [-0.2, -0.15) is 0 Å². The van der Waals surface area contributed by atoms with Crippen LogP contribution in [0.3, 0.4) is 0 Å². The molecule has 2 amide bonds. The van der Waals surface area contributed by atoms with E-state index in [-0.39, 0.29) is 17.9 Å². The van der Waals surface area contributed by atoms with Gasteiger partial charge in [0.1, 0.15) is 0 Å².